The lowest BCUT2D eigenvalue weighted by Crippen LogP contribution is -2.30. The van der Waals surface area contributed by atoms with Gasteiger partial charge in [-0.25, -0.2) is 4.98 Å². The summed E-state index contributed by atoms with van der Waals surface area (Å²) in [5.74, 6) is 2.22. The van der Waals surface area contributed by atoms with Gasteiger partial charge in [-0.2, -0.15) is 0 Å². The summed E-state index contributed by atoms with van der Waals surface area (Å²) in [6.07, 6.45) is 5.75. The molecule has 0 aliphatic heterocycles. The summed E-state index contributed by atoms with van der Waals surface area (Å²) in [5, 5.41) is 7.06. The zero-order valence-corrected chi connectivity index (χ0v) is 42.6. The molecule has 0 unspecified atom stereocenters. The van der Waals surface area contributed by atoms with Gasteiger partial charge in [0.05, 0.1) is 73.1 Å². The summed E-state index contributed by atoms with van der Waals surface area (Å²) in [5.41, 5.74) is 17.4. The molecule has 0 bridgehead atoms. The van der Waals surface area contributed by atoms with Crippen LogP contribution in [0.4, 0.5) is 0 Å². The Kier molecular flexibility index (Phi) is 10.1. The molecule has 7 nitrogen and oxygen atoms in total. The fourth-order valence-corrected chi connectivity index (χ4v) is 12.2. The number of imidazole rings is 1. The van der Waals surface area contributed by atoms with E-state index in [-0.39, 0.29) is 0 Å². The summed E-state index contributed by atoms with van der Waals surface area (Å²) in [4.78, 5) is 5.38. The number of hydrogen-bond acceptors (Lipinski definition) is 2. The van der Waals surface area contributed by atoms with E-state index in [4.69, 9.17) is 9.72 Å². The summed E-state index contributed by atoms with van der Waals surface area (Å²) < 4.78 is 18.2. The van der Waals surface area contributed by atoms with Crippen LogP contribution < -0.4 is 9.30 Å². The Hall–Kier alpha value is -10.8. The number of aromatic nitrogens is 6. The normalized spacial score (nSPS) is 11.8. The first kappa shape index (κ1) is 44.5. The van der Waals surface area contributed by atoms with E-state index in [2.05, 4.69) is 290 Å². The molecule has 0 saturated heterocycles. The molecule has 0 aliphatic carbocycles. The van der Waals surface area contributed by atoms with Crippen LogP contribution in [-0.4, -0.2) is 23.3 Å². The predicted molar refractivity (Wildman–Crippen MR) is 322 cm³/mol. The van der Waals surface area contributed by atoms with E-state index in [1.165, 1.54) is 32.6 Å². The maximum Gasteiger partial charge on any atom is 0.269 e. The molecule has 7 heteroatoms. The fraction of sp³-hybridized carbons (Fsp3) is 0. The number of ether oxygens (including phenoxy) is 1. The van der Waals surface area contributed by atoms with Crippen LogP contribution in [0.25, 0.3) is 127 Å². The fourth-order valence-electron chi connectivity index (χ4n) is 12.2. The van der Waals surface area contributed by atoms with Crippen molar-refractivity contribution in [2.45, 2.75) is 0 Å². The van der Waals surface area contributed by atoms with Crippen molar-refractivity contribution in [2.24, 2.45) is 0 Å². The van der Waals surface area contributed by atoms with Crippen LogP contribution in [0.2, 0.25) is 0 Å². The molecule has 0 aliphatic rings. The molecule has 370 valence electrons. The van der Waals surface area contributed by atoms with E-state index in [9.17, 15) is 0 Å². The van der Waals surface area contributed by atoms with Gasteiger partial charge in [0, 0.05) is 38.4 Å². The number of pyridine rings is 1. The summed E-state index contributed by atoms with van der Waals surface area (Å²) in [7, 11) is 0. The molecule has 0 atom stereocenters. The van der Waals surface area contributed by atoms with Crippen LogP contribution in [0, 0.1) is 6.33 Å². The van der Waals surface area contributed by atoms with Gasteiger partial charge in [-0.1, -0.05) is 182 Å². The zero-order chi connectivity index (χ0) is 52.0. The van der Waals surface area contributed by atoms with E-state index in [0.717, 1.165) is 94.7 Å². The minimum atomic E-state index is 0.710. The predicted octanol–water partition coefficient (Wildman–Crippen LogP) is 17.5. The van der Waals surface area contributed by atoms with Crippen LogP contribution in [0.3, 0.4) is 0 Å². The number of fused-ring (bicyclic) bond motifs is 10. The standard InChI is InChI=1S/C72H46N6O/c1-3-19-48(20-4-1)50-37-41-66-61(43-50)59-40-39-54(79-53-24-17-23-51(44-53)74-47-75(68-35-16-15-34-67(68)74)62-30-11-7-25-55(62)49-21-5-2-6-22-49)45-70(59)78(66)71-42-38-52(46-73-71)76-63-31-12-10-28-58(63)60-29-18-36-69(72(60)76)77-64-32-13-8-26-56(64)57-27-9-14-33-65(57)77/h1-46H. The van der Waals surface area contributed by atoms with Crippen LogP contribution in [-0.2, 0) is 0 Å². The number of benzene rings is 11. The zero-order valence-electron chi connectivity index (χ0n) is 42.6. The van der Waals surface area contributed by atoms with E-state index in [1.807, 2.05) is 18.3 Å². The van der Waals surface area contributed by atoms with Crippen molar-refractivity contribution in [1.82, 2.24) is 23.3 Å². The van der Waals surface area contributed by atoms with E-state index in [1.54, 1.807) is 0 Å². The van der Waals surface area contributed by atoms with Crippen molar-refractivity contribution < 1.29 is 9.30 Å². The van der Waals surface area contributed by atoms with E-state index >= 15 is 0 Å². The second-order valence-electron chi connectivity index (χ2n) is 20.1. The SMILES string of the molecule is [c-]1n(-c2cccc(Oc3ccc4c5cc(-c6ccccc6)ccc5n(-c5ccc(-n6c7ccccc7c7cccc(-n8c9ccccc9c9ccccc98)c76)cn5)c4c3)c2)c2ccccc2[n+]1-c1ccccc1-c1ccccc1. The van der Waals surface area contributed by atoms with Crippen molar-refractivity contribution >= 4 is 76.5 Å². The maximum absolute atomic E-state index is 6.88. The molecule has 0 fully saturated rings. The highest BCUT2D eigenvalue weighted by Crippen LogP contribution is 2.41. The van der Waals surface area contributed by atoms with Crippen molar-refractivity contribution in [3.05, 3.63) is 286 Å². The molecule has 0 radical (unpaired) electrons. The minimum Gasteiger partial charge on any atom is -0.458 e. The number of hydrogen-bond donors (Lipinski definition) is 0. The van der Waals surface area contributed by atoms with Gasteiger partial charge in [0.1, 0.15) is 17.3 Å². The van der Waals surface area contributed by atoms with Crippen LogP contribution in [0.15, 0.2) is 279 Å². The maximum atomic E-state index is 6.88. The molecule has 16 aromatic rings. The lowest BCUT2D eigenvalue weighted by atomic mass is 10.0. The van der Waals surface area contributed by atoms with Gasteiger partial charge in [-0.15, -0.1) is 0 Å². The first-order valence-corrected chi connectivity index (χ1v) is 26.7. The second kappa shape index (κ2) is 17.9. The third-order valence-electron chi connectivity index (χ3n) is 15.7. The molecule has 79 heavy (non-hydrogen) atoms. The van der Waals surface area contributed by atoms with Gasteiger partial charge >= 0.3 is 0 Å². The number of para-hydroxylation sites is 7. The molecule has 5 aromatic heterocycles. The van der Waals surface area contributed by atoms with E-state index < -0.39 is 0 Å². The van der Waals surface area contributed by atoms with Gasteiger partial charge in [-0.3, -0.25) is 13.7 Å². The Bertz CT molecular complexity index is 4990. The molecule has 0 saturated carbocycles. The first-order chi connectivity index (χ1) is 39.2. The average molecular weight is 1010 g/mol. The monoisotopic (exact) mass is 1010 g/mol. The third-order valence-corrected chi connectivity index (χ3v) is 15.7. The minimum absolute atomic E-state index is 0.710. The second-order valence-corrected chi connectivity index (χ2v) is 20.1. The van der Waals surface area contributed by atoms with Crippen LogP contribution in [0.1, 0.15) is 0 Å². The first-order valence-electron chi connectivity index (χ1n) is 26.7. The van der Waals surface area contributed by atoms with Crippen molar-refractivity contribution in [2.75, 3.05) is 0 Å². The highest BCUT2D eigenvalue weighted by Gasteiger charge is 2.22. The third kappa shape index (κ3) is 7.14. The summed E-state index contributed by atoms with van der Waals surface area (Å²) in [6, 6.07) is 96.7. The Labute approximate surface area is 454 Å². The van der Waals surface area contributed by atoms with Crippen molar-refractivity contribution in [1.29, 1.82) is 0 Å². The van der Waals surface area contributed by atoms with Crippen LogP contribution >= 0.6 is 0 Å². The van der Waals surface area contributed by atoms with Crippen molar-refractivity contribution in [3.63, 3.8) is 0 Å². The smallest absolute Gasteiger partial charge is 0.269 e. The molecule has 0 amide bonds. The Morgan fingerprint density at radius 3 is 1.72 bits per heavy atom. The summed E-state index contributed by atoms with van der Waals surface area (Å²) in [6.45, 7) is 0. The molecule has 0 spiro atoms. The Morgan fingerprint density at radius 1 is 0.354 bits per heavy atom. The molecular formula is C72H46N6O. The average Bonchev–Trinajstić information content (AvgIpc) is 4.46. The van der Waals surface area contributed by atoms with Crippen molar-refractivity contribution in [3.8, 4) is 62.3 Å². The van der Waals surface area contributed by atoms with Gasteiger partial charge in [-0.05, 0) is 107 Å². The quantitative estimate of drug-likeness (QED) is 0.107. The molecule has 11 aromatic carbocycles. The molecule has 16 rings (SSSR count). The highest BCUT2D eigenvalue weighted by molar-refractivity contribution is 6.15. The summed E-state index contributed by atoms with van der Waals surface area (Å²) >= 11 is 0. The van der Waals surface area contributed by atoms with Gasteiger partial charge in [0.2, 0.25) is 0 Å². The highest BCUT2D eigenvalue weighted by atomic mass is 16.5. The number of rotatable bonds is 9. The Morgan fingerprint density at radius 2 is 0.962 bits per heavy atom. The van der Waals surface area contributed by atoms with Gasteiger partial charge in [0.25, 0.3) is 6.33 Å². The number of nitrogens with zero attached hydrogens (tertiary/aromatic N) is 6. The molecular weight excluding hydrogens is 965 g/mol. The molecule has 0 N–H and O–H groups in total. The topological polar surface area (TPSA) is 45.7 Å². The van der Waals surface area contributed by atoms with E-state index in [0.29, 0.717) is 11.5 Å². The molecule has 5 heterocycles. The van der Waals surface area contributed by atoms with Crippen LogP contribution in [0.5, 0.6) is 11.5 Å². The van der Waals surface area contributed by atoms with Gasteiger partial charge in [0.15, 0.2) is 0 Å². The Balaban J connectivity index is 0.819. The largest absolute Gasteiger partial charge is 0.458 e. The lowest BCUT2D eigenvalue weighted by Gasteiger charge is -2.15. The van der Waals surface area contributed by atoms with Gasteiger partial charge < -0.3 is 13.9 Å². The lowest BCUT2D eigenvalue weighted by molar-refractivity contribution is -0.571.